The second kappa shape index (κ2) is 5.06. The highest BCUT2D eigenvalue weighted by molar-refractivity contribution is 8.00. The third-order valence-electron chi connectivity index (χ3n) is 1.75. The Balaban J connectivity index is 2.35. The van der Waals surface area contributed by atoms with Crippen molar-refractivity contribution in [1.82, 2.24) is 19.3 Å². The van der Waals surface area contributed by atoms with Crippen LogP contribution >= 0.6 is 23.3 Å². The van der Waals surface area contributed by atoms with Gasteiger partial charge in [0.2, 0.25) is 5.82 Å². The van der Waals surface area contributed by atoms with E-state index in [0.717, 1.165) is 23.3 Å². The predicted molar refractivity (Wildman–Crippen MR) is 60.6 cm³/mol. The van der Waals surface area contributed by atoms with Crippen molar-refractivity contribution in [3.63, 3.8) is 0 Å². The molecule has 5 nitrogen and oxygen atoms in total. The van der Waals surface area contributed by atoms with Crippen LogP contribution in [0.25, 0.3) is 0 Å². The zero-order valence-electron chi connectivity index (χ0n) is 8.89. The first kappa shape index (κ1) is 13.0. The van der Waals surface area contributed by atoms with Gasteiger partial charge in [0.15, 0.2) is 4.34 Å². The van der Waals surface area contributed by atoms with E-state index >= 15 is 0 Å². The molecule has 0 aromatic carbocycles. The van der Waals surface area contributed by atoms with E-state index in [4.69, 9.17) is 0 Å². The molecule has 0 atom stereocenters. The van der Waals surface area contributed by atoms with Crippen LogP contribution in [0.1, 0.15) is 5.82 Å². The Kier molecular flexibility index (Phi) is 3.66. The molecule has 0 aliphatic carbocycles. The minimum Gasteiger partial charge on any atom is -0.373 e. The van der Waals surface area contributed by atoms with E-state index < -0.39 is 12.0 Å². The molecule has 0 aliphatic rings. The lowest BCUT2D eigenvalue weighted by atomic mass is 10.5. The minimum atomic E-state index is -4.58. The average molecular weight is 293 g/mol. The fourth-order valence-electron chi connectivity index (χ4n) is 1.03. The third kappa shape index (κ3) is 3.07. The fourth-order valence-corrected chi connectivity index (χ4v) is 2.42. The number of alkyl halides is 3. The topological polar surface area (TPSA) is 63.6 Å². The van der Waals surface area contributed by atoms with E-state index in [1.165, 1.54) is 19.4 Å². The van der Waals surface area contributed by atoms with Crippen LogP contribution in [0, 0.1) is 0 Å². The molecular formula is C8H6F3N5S2. The molecule has 0 saturated carbocycles. The van der Waals surface area contributed by atoms with E-state index in [1.807, 2.05) is 0 Å². The summed E-state index contributed by atoms with van der Waals surface area (Å²) in [5, 5.41) is 2.73. The molecule has 2 aromatic heterocycles. The zero-order valence-corrected chi connectivity index (χ0v) is 10.5. The average Bonchev–Trinajstić information content (AvgIpc) is 2.80. The van der Waals surface area contributed by atoms with Crippen molar-refractivity contribution in [1.29, 1.82) is 0 Å². The highest BCUT2D eigenvalue weighted by atomic mass is 32.2. The molecule has 1 N–H and O–H groups in total. The first-order valence-electron chi connectivity index (χ1n) is 4.57. The largest absolute Gasteiger partial charge is 0.451 e. The lowest BCUT2D eigenvalue weighted by Gasteiger charge is -2.08. The maximum atomic E-state index is 12.6. The van der Waals surface area contributed by atoms with Crippen molar-refractivity contribution in [2.24, 2.45) is 0 Å². The molecule has 0 aliphatic heterocycles. The summed E-state index contributed by atoms with van der Waals surface area (Å²) in [5.41, 5.74) is 0. The van der Waals surface area contributed by atoms with Gasteiger partial charge in [-0.25, -0.2) is 15.0 Å². The van der Waals surface area contributed by atoms with Crippen molar-refractivity contribution in [2.75, 3.05) is 12.4 Å². The van der Waals surface area contributed by atoms with Gasteiger partial charge in [0, 0.05) is 13.1 Å². The summed E-state index contributed by atoms with van der Waals surface area (Å²) in [6.45, 7) is 0. The smallest absolute Gasteiger partial charge is 0.373 e. The van der Waals surface area contributed by atoms with Gasteiger partial charge in [-0.3, -0.25) is 0 Å². The summed E-state index contributed by atoms with van der Waals surface area (Å²) in [5.74, 6) is -1.08. The number of nitrogens with one attached hydrogen (secondary N) is 1. The third-order valence-corrected chi connectivity index (χ3v) is 3.38. The van der Waals surface area contributed by atoms with Crippen LogP contribution in [-0.2, 0) is 6.18 Å². The molecule has 0 spiro atoms. The number of aromatic nitrogens is 4. The van der Waals surface area contributed by atoms with Crippen LogP contribution in [0.3, 0.4) is 0 Å². The first-order valence-corrected chi connectivity index (χ1v) is 6.16. The van der Waals surface area contributed by atoms with Crippen LogP contribution in [-0.4, -0.2) is 26.4 Å². The number of anilines is 1. The Bertz CT molecular complexity index is 528. The highest BCUT2D eigenvalue weighted by Gasteiger charge is 2.35. The SMILES string of the molecule is CNc1cc(Sc2ncns2)nc(C(F)(F)F)n1. The van der Waals surface area contributed by atoms with E-state index in [9.17, 15) is 13.2 Å². The van der Waals surface area contributed by atoms with Gasteiger partial charge in [-0.2, -0.15) is 17.5 Å². The Hall–Kier alpha value is -1.42. The molecule has 96 valence electrons. The molecule has 0 unspecified atom stereocenters. The van der Waals surface area contributed by atoms with Crippen molar-refractivity contribution < 1.29 is 13.2 Å². The number of rotatable bonds is 3. The Morgan fingerprint density at radius 2 is 2.11 bits per heavy atom. The molecule has 0 saturated heterocycles. The van der Waals surface area contributed by atoms with Crippen molar-refractivity contribution in [3.05, 3.63) is 18.2 Å². The van der Waals surface area contributed by atoms with Gasteiger partial charge in [-0.15, -0.1) is 0 Å². The van der Waals surface area contributed by atoms with E-state index in [2.05, 4.69) is 24.6 Å². The molecule has 0 fully saturated rings. The molecule has 0 radical (unpaired) electrons. The molecule has 2 heterocycles. The lowest BCUT2D eigenvalue weighted by molar-refractivity contribution is -0.145. The summed E-state index contributed by atoms with van der Waals surface area (Å²) >= 11 is 2.09. The summed E-state index contributed by atoms with van der Waals surface area (Å²) in [6.07, 6.45) is -3.25. The monoisotopic (exact) mass is 293 g/mol. The molecule has 2 rings (SSSR count). The van der Waals surface area contributed by atoms with Crippen LogP contribution in [0.5, 0.6) is 0 Å². The summed E-state index contributed by atoms with van der Waals surface area (Å²) < 4.78 is 42.0. The first-order chi connectivity index (χ1) is 8.49. The standard InChI is InChI=1S/C8H6F3N5S2/c1-12-4-2-5(17-7-13-3-14-18-7)16-6(15-4)8(9,10)11/h2-3H,1H3,(H,12,15,16). The van der Waals surface area contributed by atoms with E-state index in [0.29, 0.717) is 4.34 Å². The summed E-state index contributed by atoms with van der Waals surface area (Å²) in [7, 11) is 1.49. The van der Waals surface area contributed by atoms with Crippen molar-refractivity contribution >= 4 is 29.1 Å². The predicted octanol–water partition coefficient (Wildman–Crippen LogP) is 2.54. The van der Waals surface area contributed by atoms with Crippen molar-refractivity contribution in [2.45, 2.75) is 15.5 Å². The quantitative estimate of drug-likeness (QED) is 0.877. The van der Waals surface area contributed by atoms with Gasteiger partial charge >= 0.3 is 6.18 Å². The Labute approximate surface area is 108 Å². The normalized spacial score (nSPS) is 11.6. The van der Waals surface area contributed by atoms with Gasteiger partial charge in [0.05, 0.1) is 0 Å². The summed E-state index contributed by atoms with van der Waals surface area (Å²) in [4.78, 5) is 10.7. The molecular weight excluding hydrogens is 287 g/mol. The number of halogens is 3. The van der Waals surface area contributed by atoms with E-state index in [-0.39, 0.29) is 10.8 Å². The lowest BCUT2D eigenvalue weighted by Crippen LogP contribution is -2.12. The number of nitrogens with zero attached hydrogens (tertiary/aromatic N) is 4. The Morgan fingerprint density at radius 1 is 1.33 bits per heavy atom. The van der Waals surface area contributed by atoms with Gasteiger partial charge in [0.1, 0.15) is 17.2 Å². The molecule has 0 bridgehead atoms. The maximum absolute atomic E-state index is 12.6. The van der Waals surface area contributed by atoms with Crippen molar-refractivity contribution in [3.8, 4) is 0 Å². The second-order valence-electron chi connectivity index (χ2n) is 2.97. The highest BCUT2D eigenvalue weighted by Crippen LogP contribution is 2.32. The fraction of sp³-hybridized carbons (Fsp3) is 0.250. The van der Waals surface area contributed by atoms with Crippen LogP contribution in [0.2, 0.25) is 0 Å². The number of hydrogen-bond donors (Lipinski definition) is 1. The molecule has 2 aromatic rings. The zero-order chi connectivity index (χ0) is 13.2. The summed E-state index contributed by atoms with van der Waals surface area (Å²) in [6, 6.07) is 1.42. The Morgan fingerprint density at radius 3 is 2.67 bits per heavy atom. The van der Waals surface area contributed by atoms with Gasteiger partial charge in [-0.1, -0.05) is 0 Å². The maximum Gasteiger partial charge on any atom is 0.451 e. The van der Waals surface area contributed by atoms with E-state index in [1.54, 1.807) is 0 Å². The molecule has 18 heavy (non-hydrogen) atoms. The second-order valence-corrected chi connectivity index (χ2v) is 5.02. The van der Waals surface area contributed by atoms with Gasteiger partial charge in [-0.05, 0) is 23.3 Å². The van der Waals surface area contributed by atoms with Crippen LogP contribution < -0.4 is 5.32 Å². The number of hydrogen-bond acceptors (Lipinski definition) is 7. The van der Waals surface area contributed by atoms with Gasteiger partial charge in [0.25, 0.3) is 0 Å². The van der Waals surface area contributed by atoms with Gasteiger partial charge < -0.3 is 5.32 Å². The molecule has 10 heteroatoms. The van der Waals surface area contributed by atoms with Crippen LogP contribution in [0.15, 0.2) is 21.8 Å². The minimum absolute atomic E-state index is 0.101. The van der Waals surface area contributed by atoms with Crippen LogP contribution in [0.4, 0.5) is 19.0 Å². The molecule has 0 amide bonds.